The van der Waals surface area contributed by atoms with Gasteiger partial charge in [-0.25, -0.2) is 0 Å². The molecule has 1 aliphatic carbocycles. The average molecular weight is 261 g/mol. The van der Waals surface area contributed by atoms with Crippen LogP contribution in [0.2, 0.25) is 0 Å². The van der Waals surface area contributed by atoms with Gasteiger partial charge in [-0.15, -0.1) is 12.8 Å². The van der Waals surface area contributed by atoms with Crippen LogP contribution in [0.15, 0.2) is 0 Å². The molecule has 116 valence electrons. The fourth-order valence-electron chi connectivity index (χ4n) is 0.250. The van der Waals surface area contributed by atoms with E-state index in [1.165, 1.54) is 38.5 Å². The monoisotopic (exact) mass is 260 g/mol. The third-order valence-corrected chi connectivity index (χ3v) is 1.000. The molecule has 0 spiro atoms. The molecule has 0 heteroatoms. The first kappa shape index (κ1) is 36.0. The molecule has 0 heterocycles. The molecule has 0 aromatic rings. The zero-order chi connectivity index (χ0) is 16.2. The van der Waals surface area contributed by atoms with Crippen LogP contribution in [0.1, 0.15) is 108 Å². The zero-order valence-electron chi connectivity index (χ0n) is 15.4. The molecule has 1 rings (SSSR count). The van der Waals surface area contributed by atoms with Crippen molar-refractivity contribution < 1.29 is 0 Å². The Labute approximate surface area is 121 Å². The lowest BCUT2D eigenvalue weighted by molar-refractivity contribution is 0.504. The van der Waals surface area contributed by atoms with Gasteiger partial charge in [0.2, 0.25) is 0 Å². The molecule has 0 N–H and O–H groups in total. The Bertz CT molecular complexity index is 42.3. The van der Waals surface area contributed by atoms with Crippen molar-refractivity contribution in [3.8, 4) is 12.8 Å². The molecule has 0 unspecified atom stereocenters. The van der Waals surface area contributed by atoms with Crippen LogP contribution in [0.4, 0.5) is 0 Å². The van der Waals surface area contributed by atoms with Crippen LogP contribution >= 0.6 is 0 Å². The second-order valence-corrected chi connectivity index (χ2v) is 2.83. The van der Waals surface area contributed by atoms with Gasteiger partial charge in [-0.1, -0.05) is 108 Å². The summed E-state index contributed by atoms with van der Waals surface area (Å²) in [7, 11) is 0. The molecule has 1 fully saturated rings. The molecule has 1 aliphatic rings. The number of hydrogen-bond donors (Lipinski definition) is 0. The van der Waals surface area contributed by atoms with Crippen molar-refractivity contribution in [2.75, 3.05) is 0 Å². The summed E-state index contributed by atoms with van der Waals surface area (Å²) in [5.74, 6) is 0. The summed E-state index contributed by atoms with van der Waals surface area (Å²) >= 11 is 0. The quantitative estimate of drug-likeness (QED) is 0.391. The first-order valence-corrected chi connectivity index (χ1v) is 8.16. The van der Waals surface area contributed by atoms with Crippen LogP contribution in [-0.4, -0.2) is 0 Å². The molecule has 0 aromatic heterocycles. The van der Waals surface area contributed by atoms with E-state index in [4.69, 9.17) is 0 Å². The van der Waals surface area contributed by atoms with Crippen LogP contribution in [0.3, 0.4) is 0 Å². The summed E-state index contributed by atoms with van der Waals surface area (Å²) in [6.07, 6.45) is 16.5. The molecule has 18 heavy (non-hydrogen) atoms. The number of rotatable bonds is 0. The topological polar surface area (TPSA) is 0 Å². The first-order valence-electron chi connectivity index (χ1n) is 8.16. The van der Waals surface area contributed by atoms with Crippen molar-refractivity contribution in [1.29, 1.82) is 0 Å². The smallest absolute Gasteiger partial charge is 0.0533 e. The second kappa shape index (κ2) is 130. The standard InChI is InChI=1S/C4H8.2C3H8.3C2H6.C2H2/c1-2-4-3-1;2*1-3-2;4*1-2/h1-4H2;2*3H2,1-2H3;3*1-2H3;1-2H. The molecule has 0 aromatic carbocycles. The average Bonchev–Trinajstić information content (AvgIpc) is 2.38. The van der Waals surface area contributed by atoms with E-state index in [1.54, 1.807) is 0 Å². The third-order valence-electron chi connectivity index (χ3n) is 1.000. The maximum atomic E-state index is 4.00. The van der Waals surface area contributed by atoms with E-state index < -0.39 is 0 Å². The third kappa shape index (κ3) is 260. The highest BCUT2D eigenvalue weighted by Crippen LogP contribution is 2.15. The van der Waals surface area contributed by atoms with Gasteiger partial charge in [-0.3, -0.25) is 0 Å². The van der Waals surface area contributed by atoms with E-state index >= 15 is 0 Å². The highest BCUT2D eigenvalue weighted by atomic mass is 14.0. The molecule has 0 amide bonds. The van der Waals surface area contributed by atoms with Gasteiger partial charge in [0.25, 0.3) is 0 Å². The highest BCUT2D eigenvalue weighted by Gasteiger charge is 1.95. The van der Waals surface area contributed by atoms with Crippen molar-refractivity contribution in [2.24, 2.45) is 0 Å². The van der Waals surface area contributed by atoms with E-state index in [9.17, 15) is 0 Å². The molecular weight excluding hydrogens is 216 g/mol. The van der Waals surface area contributed by atoms with Gasteiger partial charge < -0.3 is 0 Å². The fourth-order valence-corrected chi connectivity index (χ4v) is 0.250. The van der Waals surface area contributed by atoms with Gasteiger partial charge >= 0.3 is 0 Å². The van der Waals surface area contributed by atoms with Gasteiger partial charge in [0, 0.05) is 0 Å². The van der Waals surface area contributed by atoms with Crippen LogP contribution in [0.5, 0.6) is 0 Å². The largest absolute Gasteiger partial charge is 0.124 e. The lowest BCUT2D eigenvalue weighted by Gasteiger charge is -2.05. The summed E-state index contributed by atoms with van der Waals surface area (Å²) < 4.78 is 0. The van der Waals surface area contributed by atoms with Crippen LogP contribution in [0.25, 0.3) is 0 Å². The molecule has 0 nitrogen and oxygen atoms in total. The lowest BCUT2D eigenvalue weighted by Crippen LogP contribution is -1.85. The lowest BCUT2D eigenvalue weighted by atomic mass is 10.0. The number of terminal acetylenes is 1. The zero-order valence-corrected chi connectivity index (χ0v) is 15.4. The Balaban J connectivity index is -0.0000000241. The summed E-state index contributed by atoms with van der Waals surface area (Å²) in [4.78, 5) is 0. The maximum Gasteiger partial charge on any atom is -0.0533 e. The molecule has 0 aliphatic heterocycles. The molecule has 0 saturated heterocycles. The molecule has 1 saturated carbocycles. The Hall–Kier alpha value is -0.440. The van der Waals surface area contributed by atoms with Gasteiger partial charge in [0.05, 0.1) is 0 Å². The fraction of sp³-hybridized carbons (Fsp3) is 0.889. The summed E-state index contributed by atoms with van der Waals surface area (Å²) in [6, 6.07) is 0. The SMILES string of the molecule is C#C.C1CCC1.CC.CC.CC.CCC.CCC. The predicted octanol–water partition coefficient (Wildman–Crippen LogP) is 7.72. The first-order chi connectivity index (χ1) is 8.83. The van der Waals surface area contributed by atoms with Crippen molar-refractivity contribution in [2.45, 2.75) is 108 Å². The molecule has 0 bridgehead atoms. The van der Waals surface area contributed by atoms with Crippen molar-refractivity contribution in [3.05, 3.63) is 0 Å². The summed E-state index contributed by atoms with van der Waals surface area (Å²) in [5.41, 5.74) is 0. The van der Waals surface area contributed by atoms with Crippen molar-refractivity contribution in [1.82, 2.24) is 0 Å². The van der Waals surface area contributed by atoms with Gasteiger partial charge in [-0.05, 0) is 0 Å². The van der Waals surface area contributed by atoms with Crippen LogP contribution < -0.4 is 0 Å². The van der Waals surface area contributed by atoms with Gasteiger partial charge in [-0.2, -0.15) is 0 Å². The van der Waals surface area contributed by atoms with Crippen LogP contribution in [0, 0.1) is 12.8 Å². The minimum atomic E-state index is 1.25. The Morgan fingerprint density at radius 2 is 0.556 bits per heavy atom. The van der Waals surface area contributed by atoms with Crippen LogP contribution in [-0.2, 0) is 0 Å². The highest BCUT2D eigenvalue weighted by molar-refractivity contribution is 4.50. The van der Waals surface area contributed by atoms with Crippen molar-refractivity contribution >= 4 is 0 Å². The Morgan fingerprint density at radius 1 is 0.500 bits per heavy atom. The number of hydrogen-bond acceptors (Lipinski definition) is 0. The Kier molecular flexibility index (Phi) is 260. The summed E-state index contributed by atoms with van der Waals surface area (Å²) in [5, 5.41) is 0. The van der Waals surface area contributed by atoms with E-state index in [1.807, 2.05) is 41.5 Å². The van der Waals surface area contributed by atoms with E-state index in [2.05, 4.69) is 40.5 Å². The van der Waals surface area contributed by atoms with E-state index in [0.29, 0.717) is 0 Å². The van der Waals surface area contributed by atoms with Gasteiger partial charge in [0.15, 0.2) is 0 Å². The molecular formula is C18H44. The Morgan fingerprint density at radius 3 is 0.556 bits per heavy atom. The normalized spacial score (nSPS) is 8.44. The predicted molar refractivity (Wildman–Crippen MR) is 94.3 cm³/mol. The van der Waals surface area contributed by atoms with E-state index in [-0.39, 0.29) is 0 Å². The summed E-state index contributed by atoms with van der Waals surface area (Å²) in [6.45, 7) is 20.5. The minimum Gasteiger partial charge on any atom is -0.124 e. The van der Waals surface area contributed by atoms with Gasteiger partial charge in [0.1, 0.15) is 0 Å². The maximum absolute atomic E-state index is 4.00. The van der Waals surface area contributed by atoms with Crippen molar-refractivity contribution in [3.63, 3.8) is 0 Å². The van der Waals surface area contributed by atoms with E-state index in [0.717, 1.165) is 0 Å². The minimum absolute atomic E-state index is 1.25. The molecule has 0 radical (unpaired) electrons. The second-order valence-electron chi connectivity index (χ2n) is 2.83. The molecule has 0 atom stereocenters.